The van der Waals surface area contributed by atoms with Crippen LogP contribution in [0, 0.1) is 13.8 Å². The van der Waals surface area contributed by atoms with Gasteiger partial charge < -0.3 is 50.9 Å². The molecule has 0 radical (unpaired) electrons. The van der Waals surface area contributed by atoms with Gasteiger partial charge in [0.1, 0.15) is 46.0 Å². The summed E-state index contributed by atoms with van der Waals surface area (Å²) in [6.45, 7) is 93.2. The number of benzene rings is 8. The number of phosphoric acid groups is 4. The van der Waals surface area contributed by atoms with Crippen LogP contribution < -0.4 is 129 Å². The molecule has 0 saturated heterocycles. The SMILES string of the molecule is CC(C)(C)c1cc2c(c(C(C)(C)C)c1)OP(=O)(O)Oc1c(cc(C(C)(C)C)cc1C(C)(C)C)C2.CC(C)(C)c1cc2c(c(C(C)(C)C)c1)OP(=O)([O-])Oc1c(cc(C(C)(C)C)cc1C(C)(C)C)C2.CC(C)(C)c1cc2c(c(C(C)(C)C)c1)OP(=O)([O-])Oc1c(cc(C(C)(C)C)cc1C(C)(C)C)C2.Cc1cc2c(c(C(C)(C)C)c1)OP(=O)([O-])Oc1c(cc(C)cc1C(C)(C)C)C2.[Li+].[Na+].[Na+].[Zn]. The van der Waals surface area contributed by atoms with Gasteiger partial charge in [0.15, 0.2) is 0 Å². The van der Waals surface area contributed by atoms with Gasteiger partial charge >= 0.3 is 109 Å². The molecule has 24 heteroatoms. The van der Waals surface area contributed by atoms with E-state index >= 15 is 0 Å². The summed E-state index contributed by atoms with van der Waals surface area (Å²) in [5.41, 5.74) is 20.5. The van der Waals surface area contributed by atoms with Crippen LogP contribution in [0.3, 0.4) is 0 Å². The molecule has 1 N–H and O–H groups in total. The van der Waals surface area contributed by atoms with Crippen molar-refractivity contribution in [1.82, 2.24) is 0 Å². The first-order valence-electron chi connectivity index (χ1n) is 46.1. The van der Waals surface area contributed by atoms with E-state index in [2.05, 4.69) is 364 Å². The second kappa shape index (κ2) is 40.7. The maximum atomic E-state index is 13.4. The topological polar surface area (TPSA) is 232 Å². The molecule has 8 aromatic rings. The van der Waals surface area contributed by atoms with E-state index in [1.807, 2.05) is 38.1 Å². The third-order valence-electron chi connectivity index (χ3n) is 24.4. The third kappa shape index (κ3) is 29.7. The Balaban J connectivity index is 0.000000313. The Morgan fingerprint density at radius 3 is 0.463 bits per heavy atom. The quantitative estimate of drug-likeness (QED) is 0.110. The molecule has 12 rings (SSSR count). The van der Waals surface area contributed by atoms with Crippen molar-refractivity contribution < 1.29 is 171 Å². The van der Waals surface area contributed by atoms with E-state index in [9.17, 15) is 37.8 Å². The van der Waals surface area contributed by atoms with Crippen molar-refractivity contribution in [3.63, 3.8) is 0 Å². The first-order chi connectivity index (χ1) is 58.0. The van der Waals surface area contributed by atoms with Gasteiger partial charge in [-0.25, -0.2) is 18.3 Å². The maximum absolute atomic E-state index is 13.4. The molecule has 0 aliphatic carbocycles. The van der Waals surface area contributed by atoms with Crippen molar-refractivity contribution in [1.29, 1.82) is 0 Å². The first-order valence-corrected chi connectivity index (χ1v) is 52.0. The standard InChI is InChI=1S/3C29H43O4P.C23H31O4P.Li.2Na.Zn/c3*1-26(2,3)20-14-18-13-19-15-21(27(4,5)6)17-23(29(10,11)12)25(19)33-34(30,31)32-24(18)22(16-20)28(7,8)9;1-14-9-16-13-17-10-15(2)12-19(23(6,7)8)21(17)27-28(24,25)26-20(16)18(11-14)22(3,4)5;;;;/h3*14-17H,13H2,1-12H3,(H,30,31);9-12H,13H2,1-8H3,(H,24,25);;;;/q;;;;3*+1;/p-3. The molecule has 4 aliphatic heterocycles. The zero-order valence-electron chi connectivity index (χ0n) is 91.1. The second-order valence-corrected chi connectivity index (χ2v) is 56.5. The molecular formula is C110H157LiNa2O16P4Zn. The van der Waals surface area contributed by atoms with Crippen molar-refractivity contribution in [2.75, 3.05) is 0 Å². The molecule has 0 amide bonds. The minimum Gasteiger partial charge on any atom is -0.736 e. The fourth-order valence-corrected chi connectivity index (χ4v) is 20.3. The van der Waals surface area contributed by atoms with Crippen LogP contribution in [0.25, 0.3) is 0 Å². The number of phosphoric ester groups is 4. The van der Waals surface area contributed by atoms with Gasteiger partial charge in [-0.15, -0.1) is 0 Å². The van der Waals surface area contributed by atoms with Crippen LogP contribution >= 0.6 is 31.3 Å². The van der Waals surface area contributed by atoms with E-state index in [0.29, 0.717) is 71.7 Å². The Hall–Kier alpha value is -3.86. The smallest absolute Gasteiger partial charge is 0.736 e. The van der Waals surface area contributed by atoms with Crippen molar-refractivity contribution in [3.05, 3.63) is 231 Å². The van der Waals surface area contributed by atoms with Crippen LogP contribution in [0.4, 0.5) is 0 Å². The van der Waals surface area contributed by atoms with Crippen molar-refractivity contribution in [3.8, 4) is 46.0 Å². The predicted octanol–water partition coefficient (Wildman–Crippen LogP) is 20.5. The van der Waals surface area contributed by atoms with E-state index in [1.165, 1.54) is 11.1 Å². The summed E-state index contributed by atoms with van der Waals surface area (Å²) < 4.78 is 98.6. The first kappa shape index (κ1) is 121. The average Bonchev–Trinajstić information content (AvgIpc) is 0.749. The summed E-state index contributed by atoms with van der Waals surface area (Å²) in [4.78, 5) is 50.3. The van der Waals surface area contributed by atoms with Crippen molar-refractivity contribution >= 4 is 31.3 Å². The molecule has 134 heavy (non-hydrogen) atoms. The van der Waals surface area contributed by atoms with Gasteiger partial charge in [0.05, 0.1) is 0 Å². The van der Waals surface area contributed by atoms with Gasteiger partial charge in [0.2, 0.25) is 0 Å². The van der Waals surface area contributed by atoms with Crippen LogP contribution in [-0.2, 0) is 139 Å². The zero-order valence-corrected chi connectivity index (χ0v) is 102. The third-order valence-corrected chi connectivity index (χ3v) is 27.7. The molecule has 0 bridgehead atoms. The van der Waals surface area contributed by atoms with Crippen LogP contribution in [0.15, 0.2) is 97.1 Å². The fraction of sp³-hybridized carbons (Fsp3) is 0.564. The number of hydrogen-bond acceptors (Lipinski definition) is 15. The Morgan fingerprint density at radius 1 is 0.216 bits per heavy atom. The number of fused-ring (bicyclic) bond motifs is 8. The van der Waals surface area contributed by atoms with Gasteiger partial charge in [-0.1, -0.05) is 399 Å². The maximum Gasteiger partial charge on any atom is 1.00 e. The summed E-state index contributed by atoms with van der Waals surface area (Å²) in [7, 11) is -18.4. The molecule has 718 valence electrons. The van der Waals surface area contributed by atoms with Crippen LogP contribution in [0.2, 0.25) is 0 Å². The predicted molar refractivity (Wildman–Crippen MR) is 532 cm³/mol. The molecule has 0 saturated carbocycles. The molecule has 16 nitrogen and oxygen atoms in total. The number of hydrogen-bond donors (Lipinski definition) is 1. The average molecular weight is 1980 g/mol. The summed E-state index contributed by atoms with van der Waals surface area (Å²) in [6, 6.07) is 33.3. The van der Waals surface area contributed by atoms with Crippen LogP contribution in [0.5, 0.6) is 46.0 Å². The minimum absolute atomic E-state index is 0. The Bertz CT molecular complexity index is 5110. The number of rotatable bonds is 0. The molecule has 0 aromatic heterocycles. The summed E-state index contributed by atoms with van der Waals surface area (Å²) in [6.07, 6.45) is 2.18. The zero-order chi connectivity index (χ0) is 99.3. The second-order valence-electron chi connectivity index (χ2n) is 51.4. The molecular weight excluding hydrogens is 1820 g/mol. The van der Waals surface area contributed by atoms with Crippen LogP contribution in [-0.4, -0.2) is 4.89 Å². The summed E-state index contributed by atoms with van der Waals surface area (Å²) >= 11 is 0. The number of aryl methyl sites for hydroxylation is 2. The molecule has 0 atom stereocenters. The van der Waals surface area contributed by atoms with Crippen molar-refractivity contribution in [2.24, 2.45) is 0 Å². The molecule has 4 aliphatic rings. The van der Waals surface area contributed by atoms with E-state index in [1.54, 1.807) is 0 Å². The van der Waals surface area contributed by atoms with Gasteiger partial charge in [-0.05, 0) is 168 Å². The Kier molecular flexibility index (Phi) is 36.7. The fourth-order valence-electron chi connectivity index (χ4n) is 16.6. The van der Waals surface area contributed by atoms with Crippen molar-refractivity contribution in [2.45, 2.75) is 406 Å². The van der Waals surface area contributed by atoms with Crippen LogP contribution in [0.1, 0.15) is 424 Å². The summed E-state index contributed by atoms with van der Waals surface area (Å²) in [5.74, 6) is 3.37. The minimum atomic E-state index is -4.68. The normalized spacial score (nSPS) is 15.9. The van der Waals surface area contributed by atoms with Gasteiger partial charge in [0, 0.05) is 89.7 Å². The van der Waals surface area contributed by atoms with Gasteiger partial charge in [0.25, 0.3) is 0 Å². The molecule has 0 spiro atoms. The molecule has 4 heterocycles. The molecule has 8 aromatic carbocycles. The van der Waals surface area contributed by atoms with E-state index < -0.39 is 31.3 Å². The van der Waals surface area contributed by atoms with E-state index in [-0.39, 0.29) is 173 Å². The monoisotopic (exact) mass is 1970 g/mol. The van der Waals surface area contributed by atoms with Gasteiger partial charge in [-0.2, -0.15) is 0 Å². The Labute approximate surface area is 877 Å². The Morgan fingerprint density at radius 2 is 0.336 bits per heavy atom. The van der Waals surface area contributed by atoms with E-state index in [4.69, 9.17) is 36.2 Å². The van der Waals surface area contributed by atoms with E-state index in [0.717, 1.165) is 122 Å². The van der Waals surface area contributed by atoms with Gasteiger partial charge in [-0.3, -0.25) is 4.89 Å². The molecule has 0 fully saturated rings. The largest absolute Gasteiger partial charge is 1.00 e. The summed E-state index contributed by atoms with van der Waals surface area (Å²) in [5, 5.41) is 0. The molecule has 0 unspecified atom stereocenters.